The second-order valence-corrected chi connectivity index (χ2v) is 6.58. The average molecular weight is 416 g/mol. The van der Waals surface area contributed by atoms with E-state index in [1.807, 2.05) is 0 Å². The fourth-order valence-corrected chi connectivity index (χ4v) is 3.20. The van der Waals surface area contributed by atoms with Crippen molar-refractivity contribution in [2.45, 2.75) is 12.2 Å². The molecule has 1 atom stereocenters. The van der Waals surface area contributed by atoms with Crippen molar-refractivity contribution in [3.05, 3.63) is 90.3 Å². The summed E-state index contributed by atoms with van der Waals surface area (Å²) >= 11 is 0. The summed E-state index contributed by atoms with van der Waals surface area (Å²) in [6, 6.07) is 12.6. The Morgan fingerprint density at radius 3 is 2.43 bits per heavy atom. The molecule has 9 heteroatoms. The van der Waals surface area contributed by atoms with E-state index in [0.717, 1.165) is 0 Å². The number of nitrogens with zero attached hydrogens (tertiary/aromatic N) is 1. The number of H-pyrrole nitrogens is 2. The van der Waals surface area contributed by atoms with E-state index in [-0.39, 0.29) is 11.4 Å². The Morgan fingerprint density at radius 1 is 1.03 bits per heavy atom. The number of benzene rings is 1. The molecule has 0 saturated heterocycles. The van der Waals surface area contributed by atoms with E-state index in [4.69, 9.17) is 0 Å². The molecule has 3 aromatic heterocycles. The standard InChI is InChI=1S/C21H14F4N4O/c22-14-9-7-13(8-10-14)19-27-17(16-6-2-4-12-29(16)19)20(30)28-18(21(23,24)25)15-5-1-3-11-26-15/h1-12,18H,(H,28,30)/p+2. The topological polar surface area (TPSA) is 63.1 Å². The number of nitrogens with one attached hydrogen (secondary N) is 3. The maximum Gasteiger partial charge on any atom is 0.418 e. The van der Waals surface area contributed by atoms with Crippen LogP contribution in [0.3, 0.4) is 0 Å². The number of fused-ring (bicyclic) bond motifs is 1. The minimum atomic E-state index is -4.71. The number of amides is 1. The summed E-state index contributed by atoms with van der Waals surface area (Å²) in [6.45, 7) is 0. The molecule has 1 unspecified atom stereocenters. The number of rotatable bonds is 4. The molecule has 0 aliphatic rings. The fraction of sp³-hybridized carbons (Fsp3) is 0.0952. The first-order chi connectivity index (χ1) is 14.3. The van der Waals surface area contributed by atoms with Crippen LogP contribution in [-0.4, -0.2) is 17.1 Å². The molecule has 4 aromatic rings. The fourth-order valence-electron chi connectivity index (χ4n) is 3.20. The van der Waals surface area contributed by atoms with Gasteiger partial charge in [0.1, 0.15) is 5.82 Å². The molecule has 3 heterocycles. The SMILES string of the molecule is O=C(NC(c1cccc[nH+]1)C(F)(F)F)c1[nH]c(-c2ccc(F)cc2)[n+]2ccccc12. The van der Waals surface area contributed by atoms with Gasteiger partial charge in [-0.2, -0.15) is 17.6 Å². The molecule has 3 N–H and O–H groups in total. The molecule has 0 radical (unpaired) electrons. The summed E-state index contributed by atoms with van der Waals surface area (Å²) in [5, 5.41) is 2.06. The Labute approximate surface area is 168 Å². The summed E-state index contributed by atoms with van der Waals surface area (Å²) in [5.74, 6) is -0.915. The molecule has 0 spiro atoms. The third-order valence-corrected chi connectivity index (χ3v) is 4.59. The Morgan fingerprint density at radius 2 is 1.77 bits per heavy atom. The van der Waals surface area contributed by atoms with Crippen molar-refractivity contribution in [2.75, 3.05) is 0 Å². The normalized spacial score (nSPS) is 12.7. The van der Waals surface area contributed by atoms with Gasteiger partial charge in [0, 0.05) is 12.1 Å². The van der Waals surface area contributed by atoms with Crippen molar-refractivity contribution >= 4 is 11.4 Å². The number of pyridine rings is 2. The monoisotopic (exact) mass is 416 g/mol. The zero-order valence-corrected chi connectivity index (χ0v) is 15.4. The van der Waals surface area contributed by atoms with Crippen molar-refractivity contribution in [2.24, 2.45) is 0 Å². The highest BCUT2D eigenvalue weighted by atomic mass is 19.4. The summed E-state index contributed by atoms with van der Waals surface area (Å²) in [6.07, 6.45) is -1.69. The van der Waals surface area contributed by atoms with Crippen molar-refractivity contribution in [3.8, 4) is 11.4 Å². The van der Waals surface area contributed by atoms with E-state index in [2.05, 4.69) is 15.3 Å². The lowest BCUT2D eigenvalue weighted by molar-refractivity contribution is -0.498. The van der Waals surface area contributed by atoms with E-state index >= 15 is 0 Å². The second kappa shape index (κ2) is 7.58. The summed E-state index contributed by atoms with van der Waals surface area (Å²) in [7, 11) is 0. The zero-order chi connectivity index (χ0) is 21.3. The number of aromatic amines is 2. The van der Waals surface area contributed by atoms with Gasteiger partial charge in [0.15, 0.2) is 11.7 Å². The molecule has 30 heavy (non-hydrogen) atoms. The molecule has 152 valence electrons. The van der Waals surface area contributed by atoms with Gasteiger partial charge in [-0.1, -0.05) is 12.1 Å². The number of carbonyl (C=O) groups excluding carboxylic acids is 1. The van der Waals surface area contributed by atoms with Crippen molar-refractivity contribution in [1.29, 1.82) is 0 Å². The minimum Gasteiger partial charge on any atom is -0.328 e. The summed E-state index contributed by atoms with van der Waals surface area (Å²) < 4.78 is 55.8. The average Bonchev–Trinajstić information content (AvgIpc) is 3.12. The molecule has 0 aliphatic heterocycles. The number of hydrogen-bond donors (Lipinski definition) is 2. The highest BCUT2D eigenvalue weighted by Crippen LogP contribution is 2.31. The van der Waals surface area contributed by atoms with Gasteiger partial charge in [0.25, 0.3) is 11.7 Å². The largest absolute Gasteiger partial charge is 0.418 e. The number of carbonyl (C=O) groups is 1. The van der Waals surface area contributed by atoms with Crippen LogP contribution in [0.2, 0.25) is 0 Å². The lowest BCUT2D eigenvalue weighted by Crippen LogP contribution is -2.41. The van der Waals surface area contributed by atoms with Crippen molar-refractivity contribution in [3.63, 3.8) is 0 Å². The van der Waals surface area contributed by atoms with Gasteiger partial charge in [-0.15, -0.1) is 0 Å². The van der Waals surface area contributed by atoms with Gasteiger partial charge < -0.3 is 5.32 Å². The van der Waals surface area contributed by atoms with Crippen molar-refractivity contribution in [1.82, 2.24) is 10.3 Å². The third-order valence-electron chi connectivity index (χ3n) is 4.59. The lowest BCUT2D eigenvalue weighted by atomic mass is 10.1. The van der Waals surface area contributed by atoms with Crippen molar-refractivity contribution < 1.29 is 31.7 Å². The predicted molar refractivity (Wildman–Crippen MR) is 98.6 cm³/mol. The van der Waals surface area contributed by atoms with E-state index < -0.39 is 23.9 Å². The number of alkyl halides is 3. The van der Waals surface area contributed by atoms with Crippen LogP contribution in [0, 0.1) is 5.82 Å². The lowest BCUT2D eigenvalue weighted by Gasteiger charge is -2.17. The van der Waals surface area contributed by atoms with E-state index in [1.165, 1.54) is 42.6 Å². The first-order valence-corrected chi connectivity index (χ1v) is 8.97. The molecule has 4 rings (SSSR count). The summed E-state index contributed by atoms with van der Waals surface area (Å²) in [4.78, 5) is 18.3. The smallest absolute Gasteiger partial charge is 0.328 e. The molecule has 0 aliphatic carbocycles. The maximum absolute atomic E-state index is 13.6. The predicted octanol–water partition coefficient (Wildman–Crippen LogP) is 3.41. The van der Waals surface area contributed by atoms with Gasteiger partial charge in [0.05, 0.1) is 11.8 Å². The Hall–Kier alpha value is -3.75. The Bertz CT molecular complexity index is 1190. The van der Waals surface area contributed by atoms with Crippen LogP contribution in [0.5, 0.6) is 0 Å². The number of halogens is 4. The van der Waals surface area contributed by atoms with Crippen LogP contribution >= 0.6 is 0 Å². The molecular weight excluding hydrogens is 400 g/mol. The molecule has 0 bridgehead atoms. The van der Waals surface area contributed by atoms with Gasteiger partial charge in [-0.25, -0.2) is 14.4 Å². The highest BCUT2D eigenvalue weighted by molar-refractivity contribution is 5.98. The second-order valence-electron chi connectivity index (χ2n) is 6.58. The molecule has 0 saturated carbocycles. The molecule has 1 amide bonds. The maximum atomic E-state index is 13.6. The highest BCUT2D eigenvalue weighted by Gasteiger charge is 2.46. The van der Waals surface area contributed by atoms with E-state index in [0.29, 0.717) is 16.9 Å². The molecule has 1 aromatic carbocycles. The van der Waals surface area contributed by atoms with Gasteiger partial charge >= 0.3 is 6.18 Å². The van der Waals surface area contributed by atoms with Gasteiger partial charge in [0.2, 0.25) is 17.4 Å². The Kier molecular flexibility index (Phi) is 4.94. The first-order valence-electron chi connectivity index (χ1n) is 8.97. The first kappa shape index (κ1) is 19.6. The number of aromatic nitrogens is 3. The van der Waals surface area contributed by atoms with E-state index in [9.17, 15) is 22.4 Å². The van der Waals surface area contributed by atoms with Crippen LogP contribution < -0.4 is 14.7 Å². The van der Waals surface area contributed by atoms with E-state index in [1.54, 1.807) is 34.9 Å². The third kappa shape index (κ3) is 3.73. The van der Waals surface area contributed by atoms with Crippen LogP contribution in [0.4, 0.5) is 17.6 Å². The molecule has 0 fully saturated rings. The number of hydrogen-bond acceptors (Lipinski definition) is 1. The quantitative estimate of drug-likeness (QED) is 0.389. The van der Waals surface area contributed by atoms with Gasteiger partial charge in [-0.3, -0.25) is 4.79 Å². The minimum absolute atomic E-state index is 0.0416. The zero-order valence-electron chi connectivity index (χ0n) is 15.4. The Balaban J connectivity index is 1.75. The summed E-state index contributed by atoms with van der Waals surface area (Å²) in [5.41, 5.74) is 0.716. The number of imidazole rings is 1. The van der Waals surface area contributed by atoms with Crippen LogP contribution in [-0.2, 0) is 0 Å². The molecule has 5 nitrogen and oxygen atoms in total. The van der Waals surface area contributed by atoms with Gasteiger partial charge in [-0.05, 0) is 36.4 Å². The van der Waals surface area contributed by atoms with Crippen LogP contribution in [0.25, 0.3) is 16.9 Å². The molecular formula is C21H16F4N4O+2. The van der Waals surface area contributed by atoms with Crippen LogP contribution in [0.15, 0.2) is 73.1 Å². The van der Waals surface area contributed by atoms with Crippen LogP contribution in [0.1, 0.15) is 22.2 Å².